The number of aliphatic hydroxyl groups excluding tert-OH is 1. The van der Waals surface area contributed by atoms with Gasteiger partial charge in [0.2, 0.25) is 10.0 Å². The molecule has 1 aromatic carbocycles. The molecule has 0 bridgehead atoms. The van der Waals surface area contributed by atoms with Crippen LogP contribution in [-0.2, 0) is 21.4 Å². The fourth-order valence-electron chi connectivity index (χ4n) is 2.24. The standard InChI is InChI=1S/C13H17F2NO4S/c1-16(7-10-3-2-4-20-10)21(18,19)12-6-9(8-17)5-11(14)13(12)15/h5-6,10,17H,2-4,7-8H2,1H3. The van der Waals surface area contributed by atoms with Gasteiger partial charge >= 0.3 is 0 Å². The van der Waals surface area contributed by atoms with E-state index >= 15 is 0 Å². The topological polar surface area (TPSA) is 66.8 Å². The van der Waals surface area contributed by atoms with E-state index in [0.29, 0.717) is 6.61 Å². The SMILES string of the molecule is CN(CC1CCCO1)S(=O)(=O)c1cc(CO)cc(F)c1F. The van der Waals surface area contributed by atoms with Crippen LogP contribution in [0.2, 0.25) is 0 Å². The minimum Gasteiger partial charge on any atom is -0.392 e. The highest BCUT2D eigenvalue weighted by atomic mass is 32.2. The zero-order valence-electron chi connectivity index (χ0n) is 11.6. The molecule has 118 valence electrons. The van der Waals surface area contributed by atoms with Crippen molar-refractivity contribution in [3.63, 3.8) is 0 Å². The van der Waals surface area contributed by atoms with E-state index < -0.39 is 33.2 Å². The van der Waals surface area contributed by atoms with Gasteiger partial charge in [-0.15, -0.1) is 0 Å². The van der Waals surface area contributed by atoms with Crippen LogP contribution in [0, 0.1) is 11.6 Å². The Hall–Kier alpha value is -1.09. The summed E-state index contributed by atoms with van der Waals surface area (Å²) in [6, 6.07) is 1.72. The number of benzene rings is 1. The van der Waals surface area contributed by atoms with Gasteiger partial charge in [0.25, 0.3) is 0 Å². The first-order chi connectivity index (χ1) is 9.86. The number of sulfonamides is 1. The van der Waals surface area contributed by atoms with Crippen LogP contribution in [0.15, 0.2) is 17.0 Å². The van der Waals surface area contributed by atoms with Gasteiger partial charge in [-0.3, -0.25) is 0 Å². The Morgan fingerprint density at radius 2 is 2.14 bits per heavy atom. The summed E-state index contributed by atoms with van der Waals surface area (Å²) in [6.45, 7) is 0.0729. The molecule has 8 heteroatoms. The molecule has 0 aliphatic carbocycles. The lowest BCUT2D eigenvalue weighted by molar-refractivity contribution is 0.0978. The molecule has 0 spiro atoms. The lowest BCUT2D eigenvalue weighted by Crippen LogP contribution is -2.34. The Labute approximate surface area is 122 Å². The molecule has 1 atom stereocenters. The summed E-state index contributed by atoms with van der Waals surface area (Å²) in [4.78, 5) is -0.771. The maximum Gasteiger partial charge on any atom is 0.245 e. The predicted molar refractivity (Wildman–Crippen MR) is 71.1 cm³/mol. The third-order valence-corrected chi connectivity index (χ3v) is 5.23. The smallest absolute Gasteiger partial charge is 0.245 e. The quantitative estimate of drug-likeness (QED) is 0.886. The Bertz CT molecular complexity index is 615. The third kappa shape index (κ3) is 3.39. The molecule has 0 amide bonds. The van der Waals surface area contributed by atoms with Crippen molar-refractivity contribution in [1.82, 2.24) is 4.31 Å². The van der Waals surface area contributed by atoms with Crippen molar-refractivity contribution in [2.45, 2.75) is 30.4 Å². The highest BCUT2D eigenvalue weighted by Crippen LogP contribution is 2.24. The molecule has 1 aliphatic rings. The number of nitrogens with zero attached hydrogens (tertiary/aromatic N) is 1. The average Bonchev–Trinajstić information content (AvgIpc) is 2.94. The van der Waals surface area contributed by atoms with E-state index in [1.807, 2.05) is 0 Å². The molecule has 1 heterocycles. The number of rotatable bonds is 5. The van der Waals surface area contributed by atoms with E-state index in [1.54, 1.807) is 0 Å². The summed E-state index contributed by atoms with van der Waals surface area (Å²) in [5.41, 5.74) is -0.00186. The van der Waals surface area contributed by atoms with E-state index in [1.165, 1.54) is 7.05 Å². The molecule has 1 aliphatic heterocycles. The second-order valence-corrected chi connectivity index (χ2v) is 6.98. The Morgan fingerprint density at radius 3 is 2.71 bits per heavy atom. The maximum absolute atomic E-state index is 13.8. The second kappa shape index (κ2) is 6.35. The number of ether oxygens (including phenoxy) is 1. The maximum atomic E-state index is 13.8. The van der Waals surface area contributed by atoms with Crippen molar-refractivity contribution in [3.8, 4) is 0 Å². The van der Waals surface area contributed by atoms with Gasteiger partial charge < -0.3 is 9.84 Å². The van der Waals surface area contributed by atoms with Crippen LogP contribution >= 0.6 is 0 Å². The van der Waals surface area contributed by atoms with Crippen molar-refractivity contribution in [3.05, 3.63) is 29.3 Å². The molecule has 2 rings (SSSR count). The van der Waals surface area contributed by atoms with E-state index in [9.17, 15) is 17.2 Å². The Balaban J connectivity index is 2.31. The van der Waals surface area contributed by atoms with Crippen LogP contribution < -0.4 is 0 Å². The largest absolute Gasteiger partial charge is 0.392 e. The summed E-state index contributed by atoms with van der Waals surface area (Å²) in [6.07, 6.45) is 1.34. The number of halogens is 2. The fraction of sp³-hybridized carbons (Fsp3) is 0.538. The molecule has 0 saturated carbocycles. The summed E-state index contributed by atoms with van der Waals surface area (Å²) in [5, 5.41) is 8.99. The van der Waals surface area contributed by atoms with Crippen LogP contribution in [0.3, 0.4) is 0 Å². The van der Waals surface area contributed by atoms with Gasteiger partial charge in [-0.25, -0.2) is 17.2 Å². The third-order valence-electron chi connectivity index (χ3n) is 3.41. The van der Waals surface area contributed by atoms with E-state index in [-0.39, 0.29) is 18.2 Å². The number of aliphatic hydroxyl groups is 1. The zero-order valence-corrected chi connectivity index (χ0v) is 12.4. The molecule has 21 heavy (non-hydrogen) atoms. The van der Waals surface area contributed by atoms with Crippen molar-refractivity contribution in [2.24, 2.45) is 0 Å². The molecule has 1 fully saturated rings. The lowest BCUT2D eigenvalue weighted by Gasteiger charge is -2.21. The normalized spacial score (nSPS) is 19.4. The number of hydrogen-bond acceptors (Lipinski definition) is 4. The number of hydrogen-bond donors (Lipinski definition) is 1. The van der Waals surface area contributed by atoms with Crippen LogP contribution in [0.4, 0.5) is 8.78 Å². The minimum absolute atomic E-state index is 0.00186. The van der Waals surface area contributed by atoms with Crippen molar-refractivity contribution < 1.29 is 27.0 Å². The molecule has 1 aromatic rings. The molecule has 0 radical (unpaired) electrons. The van der Waals surface area contributed by atoms with Gasteiger partial charge in [-0.05, 0) is 30.5 Å². The molecular formula is C13H17F2NO4S. The summed E-state index contributed by atoms with van der Waals surface area (Å²) in [7, 11) is -2.89. The number of likely N-dealkylation sites (N-methyl/N-ethyl adjacent to an activating group) is 1. The first kappa shape index (κ1) is 16.3. The van der Waals surface area contributed by atoms with Gasteiger partial charge in [0.05, 0.1) is 12.7 Å². The summed E-state index contributed by atoms with van der Waals surface area (Å²) < 4.78 is 58.2. The first-order valence-corrected chi connectivity index (χ1v) is 7.97. The van der Waals surface area contributed by atoms with Crippen molar-refractivity contribution in [1.29, 1.82) is 0 Å². The molecule has 5 nitrogen and oxygen atoms in total. The minimum atomic E-state index is -4.18. The summed E-state index contributed by atoms with van der Waals surface area (Å²) in [5.74, 6) is -2.74. The van der Waals surface area contributed by atoms with Crippen molar-refractivity contribution >= 4 is 10.0 Å². The van der Waals surface area contributed by atoms with E-state index in [4.69, 9.17) is 9.84 Å². The van der Waals surface area contributed by atoms with Crippen LogP contribution in [0.5, 0.6) is 0 Å². The van der Waals surface area contributed by atoms with Gasteiger partial charge in [-0.1, -0.05) is 0 Å². The Kier molecular flexibility index (Phi) is 4.92. The van der Waals surface area contributed by atoms with E-state index in [0.717, 1.165) is 29.3 Å². The van der Waals surface area contributed by atoms with Crippen LogP contribution in [0.25, 0.3) is 0 Å². The fourth-order valence-corrected chi connectivity index (χ4v) is 3.56. The van der Waals surface area contributed by atoms with Gasteiger partial charge in [-0.2, -0.15) is 4.31 Å². The highest BCUT2D eigenvalue weighted by Gasteiger charge is 2.30. The highest BCUT2D eigenvalue weighted by molar-refractivity contribution is 7.89. The van der Waals surface area contributed by atoms with Gasteiger partial charge in [0, 0.05) is 20.2 Å². The molecule has 1 unspecified atom stereocenters. The molecule has 1 N–H and O–H groups in total. The first-order valence-electron chi connectivity index (χ1n) is 6.53. The Morgan fingerprint density at radius 1 is 1.43 bits per heavy atom. The molecule has 0 aromatic heterocycles. The van der Waals surface area contributed by atoms with E-state index in [2.05, 4.69) is 0 Å². The summed E-state index contributed by atoms with van der Waals surface area (Å²) >= 11 is 0. The van der Waals surface area contributed by atoms with Gasteiger partial charge in [0.1, 0.15) is 4.90 Å². The van der Waals surface area contributed by atoms with Crippen LogP contribution in [0.1, 0.15) is 18.4 Å². The average molecular weight is 321 g/mol. The van der Waals surface area contributed by atoms with Gasteiger partial charge in [0.15, 0.2) is 11.6 Å². The lowest BCUT2D eigenvalue weighted by atomic mass is 10.2. The molecule has 1 saturated heterocycles. The predicted octanol–water partition coefficient (Wildman–Crippen LogP) is 1.26. The van der Waals surface area contributed by atoms with Crippen LogP contribution in [-0.4, -0.2) is 44.1 Å². The second-order valence-electron chi connectivity index (χ2n) is 4.97. The molecular weight excluding hydrogens is 304 g/mol. The zero-order chi connectivity index (χ0) is 15.6. The van der Waals surface area contributed by atoms with Crippen molar-refractivity contribution in [2.75, 3.05) is 20.2 Å². The monoisotopic (exact) mass is 321 g/mol.